The molecule has 2 amide bonds. The fourth-order valence-electron chi connectivity index (χ4n) is 3.51. The molecule has 0 saturated carbocycles. The van der Waals surface area contributed by atoms with Crippen LogP contribution in [0.5, 0.6) is 5.75 Å². The predicted molar refractivity (Wildman–Crippen MR) is 142 cm³/mol. The number of benzene rings is 1. The molecule has 0 aliphatic heterocycles. The zero-order valence-corrected chi connectivity index (χ0v) is 20.4. The van der Waals surface area contributed by atoms with Gasteiger partial charge in [0.15, 0.2) is 5.13 Å². The Hall–Kier alpha value is -4.96. The SMILES string of the molecule is COc1ccc(-c2nc(NC(=O)c3cccnc3)sc2-c2ccnc(NC(=O)c3cccnc3)c2)cc1. The number of anilines is 2. The smallest absolute Gasteiger partial charge is 0.259 e. The minimum Gasteiger partial charge on any atom is -0.497 e. The Balaban J connectivity index is 1.49. The maximum absolute atomic E-state index is 12.7. The lowest BCUT2D eigenvalue weighted by molar-refractivity contribution is 0.101. The molecule has 5 rings (SSSR count). The van der Waals surface area contributed by atoms with E-state index in [2.05, 4.69) is 25.6 Å². The standard InChI is InChI=1S/C27H20N6O3S/c1-36-21-8-6-17(7-9-21)23-24(37-27(32-23)33-26(35)20-5-3-12-29-16-20)18-10-13-30-22(14-18)31-25(34)19-4-2-11-28-15-19/h2-16H,1H3,(H,30,31,34)(H,32,33,35). The first-order chi connectivity index (χ1) is 18.1. The van der Waals surface area contributed by atoms with Crippen molar-refractivity contribution in [2.75, 3.05) is 17.7 Å². The molecule has 182 valence electrons. The van der Waals surface area contributed by atoms with E-state index in [-0.39, 0.29) is 11.8 Å². The highest BCUT2D eigenvalue weighted by Crippen LogP contribution is 2.40. The molecule has 1 aromatic carbocycles. The zero-order valence-electron chi connectivity index (χ0n) is 19.6. The van der Waals surface area contributed by atoms with Crippen molar-refractivity contribution < 1.29 is 14.3 Å². The lowest BCUT2D eigenvalue weighted by Gasteiger charge is -2.07. The minimum atomic E-state index is -0.318. The van der Waals surface area contributed by atoms with E-state index < -0.39 is 0 Å². The molecule has 37 heavy (non-hydrogen) atoms. The summed E-state index contributed by atoms with van der Waals surface area (Å²) in [6.07, 6.45) is 7.80. The molecule has 4 aromatic heterocycles. The van der Waals surface area contributed by atoms with Crippen molar-refractivity contribution in [3.8, 4) is 27.4 Å². The van der Waals surface area contributed by atoms with Crippen molar-refractivity contribution in [1.29, 1.82) is 0 Å². The van der Waals surface area contributed by atoms with Gasteiger partial charge in [0.2, 0.25) is 0 Å². The first kappa shape index (κ1) is 23.8. The summed E-state index contributed by atoms with van der Waals surface area (Å²) in [6, 6.07) is 17.8. The molecule has 9 nitrogen and oxygen atoms in total. The number of nitrogens with one attached hydrogen (secondary N) is 2. The van der Waals surface area contributed by atoms with E-state index >= 15 is 0 Å². The Morgan fingerprint density at radius 1 is 0.811 bits per heavy atom. The summed E-state index contributed by atoms with van der Waals surface area (Å²) in [6.45, 7) is 0. The Morgan fingerprint density at radius 2 is 1.49 bits per heavy atom. The van der Waals surface area contributed by atoms with Crippen LogP contribution in [0.4, 0.5) is 10.9 Å². The van der Waals surface area contributed by atoms with Gasteiger partial charge in [0.25, 0.3) is 11.8 Å². The van der Waals surface area contributed by atoms with Crippen LogP contribution in [0.15, 0.2) is 91.6 Å². The topological polar surface area (TPSA) is 119 Å². The minimum absolute atomic E-state index is 0.311. The second-order valence-corrected chi connectivity index (χ2v) is 8.75. The number of hydrogen-bond donors (Lipinski definition) is 2. The number of ether oxygens (including phenoxy) is 1. The average molecular weight is 509 g/mol. The lowest BCUT2D eigenvalue weighted by atomic mass is 10.1. The predicted octanol–water partition coefficient (Wildman–Crippen LogP) is 5.18. The van der Waals surface area contributed by atoms with Crippen molar-refractivity contribution in [2.45, 2.75) is 0 Å². The molecular formula is C27H20N6O3S. The number of amides is 2. The maximum Gasteiger partial charge on any atom is 0.259 e. The van der Waals surface area contributed by atoms with E-state index in [1.165, 1.54) is 23.7 Å². The van der Waals surface area contributed by atoms with Gasteiger partial charge in [0, 0.05) is 36.5 Å². The molecule has 0 aliphatic rings. The molecular weight excluding hydrogens is 488 g/mol. The van der Waals surface area contributed by atoms with Gasteiger partial charge in [0.1, 0.15) is 11.6 Å². The van der Waals surface area contributed by atoms with Crippen molar-refractivity contribution >= 4 is 34.1 Å². The molecule has 2 N–H and O–H groups in total. The fourth-order valence-corrected chi connectivity index (χ4v) is 4.48. The first-order valence-corrected chi connectivity index (χ1v) is 12.0. The van der Waals surface area contributed by atoms with Crippen LogP contribution in [0.1, 0.15) is 20.7 Å². The second-order valence-electron chi connectivity index (χ2n) is 7.75. The quantitative estimate of drug-likeness (QED) is 0.311. The Labute approximate surface area is 216 Å². The van der Waals surface area contributed by atoms with Gasteiger partial charge in [0.05, 0.1) is 28.8 Å². The van der Waals surface area contributed by atoms with Crippen molar-refractivity contribution in [1.82, 2.24) is 19.9 Å². The summed E-state index contributed by atoms with van der Waals surface area (Å²) in [7, 11) is 1.60. The van der Waals surface area contributed by atoms with Crippen LogP contribution in [0, 0.1) is 0 Å². The van der Waals surface area contributed by atoms with E-state index in [1.54, 1.807) is 56.0 Å². The van der Waals surface area contributed by atoms with Crippen molar-refractivity contribution in [3.05, 3.63) is 103 Å². The van der Waals surface area contributed by atoms with Crippen LogP contribution >= 0.6 is 11.3 Å². The Bertz CT molecular complexity index is 1540. The van der Waals surface area contributed by atoms with Crippen LogP contribution in [0.25, 0.3) is 21.7 Å². The number of hydrogen-bond acceptors (Lipinski definition) is 8. The van der Waals surface area contributed by atoms with Gasteiger partial charge in [-0.05, 0) is 66.2 Å². The average Bonchev–Trinajstić information content (AvgIpc) is 3.38. The second kappa shape index (κ2) is 10.8. The molecule has 0 saturated heterocycles. The summed E-state index contributed by atoms with van der Waals surface area (Å²) in [5, 5.41) is 6.09. The van der Waals surface area contributed by atoms with Crippen LogP contribution in [0.2, 0.25) is 0 Å². The highest BCUT2D eigenvalue weighted by molar-refractivity contribution is 7.19. The number of pyridine rings is 3. The van der Waals surface area contributed by atoms with E-state index in [1.807, 2.05) is 30.3 Å². The summed E-state index contributed by atoms with van der Waals surface area (Å²) in [5.74, 6) is 0.465. The molecule has 0 fully saturated rings. The van der Waals surface area contributed by atoms with Gasteiger partial charge in [-0.2, -0.15) is 0 Å². The number of nitrogens with zero attached hydrogens (tertiary/aromatic N) is 4. The van der Waals surface area contributed by atoms with Gasteiger partial charge in [-0.25, -0.2) is 9.97 Å². The molecule has 0 atom stereocenters. The number of methoxy groups -OCH3 is 1. The largest absolute Gasteiger partial charge is 0.497 e. The molecule has 10 heteroatoms. The Morgan fingerprint density at radius 3 is 2.11 bits per heavy atom. The molecule has 4 heterocycles. The molecule has 0 aliphatic carbocycles. The zero-order chi connectivity index (χ0) is 25.6. The highest BCUT2D eigenvalue weighted by atomic mass is 32.1. The van der Waals surface area contributed by atoms with Gasteiger partial charge in [-0.3, -0.25) is 24.9 Å². The summed E-state index contributed by atoms with van der Waals surface area (Å²) >= 11 is 1.32. The molecule has 0 spiro atoms. The fraction of sp³-hybridized carbons (Fsp3) is 0.0370. The summed E-state index contributed by atoms with van der Waals surface area (Å²) in [5.41, 5.74) is 3.14. The van der Waals surface area contributed by atoms with Crippen LogP contribution in [0.3, 0.4) is 0 Å². The lowest BCUT2D eigenvalue weighted by Crippen LogP contribution is -2.13. The third-order valence-corrected chi connectivity index (χ3v) is 6.34. The van der Waals surface area contributed by atoms with E-state index in [0.717, 1.165) is 21.8 Å². The van der Waals surface area contributed by atoms with Crippen molar-refractivity contribution in [2.24, 2.45) is 0 Å². The number of rotatable bonds is 7. The van der Waals surface area contributed by atoms with Crippen molar-refractivity contribution in [3.63, 3.8) is 0 Å². The number of thiazole rings is 1. The van der Waals surface area contributed by atoms with E-state index in [9.17, 15) is 9.59 Å². The Kier molecular flexibility index (Phi) is 6.91. The number of carbonyl (C=O) groups is 2. The van der Waals surface area contributed by atoms with Crippen LogP contribution in [-0.2, 0) is 0 Å². The van der Waals surface area contributed by atoms with E-state index in [0.29, 0.717) is 27.8 Å². The number of aromatic nitrogens is 4. The molecule has 0 radical (unpaired) electrons. The monoisotopic (exact) mass is 508 g/mol. The first-order valence-electron chi connectivity index (χ1n) is 11.1. The molecule has 0 unspecified atom stereocenters. The van der Waals surface area contributed by atoms with Crippen LogP contribution in [-0.4, -0.2) is 38.9 Å². The highest BCUT2D eigenvalue weighted by Gasteiger charge is 2.18. The molecule has 0 bridgehead atoms. The van der Waals surface area contributed by atoms with Gasteiger partial charge >= 0.3 is 0 Å². The van der Waals surface area contributed by atoms with Gasteiger partial charge in [-0.15, -0.1) is 0 Å². The van der Waals surface area contributed by atoms with Gasteiger partial charge in [-0.1, -0.05) is 11.3 Å². The third-order valence-electron chi connectivity index (χ3n) is 5.32. The number of carbonyl (C=O) groups excluding carboxylic acids is 2. The third kappa shape index (κ3) is 5.49. The summed E-state index contributed by atoms with van der Waals surface area (Å²) < 4.78 is 5.28. The molecule has 5 aromatic rings. The van der Waals surface area contributed by atoms with E-state index in [4.69, 9.17) is 9.72 Å². The van der Waals surface area contributed by atoms with Crippen LogP contribution < -0.4 is 15.4 Å². The normalized spacial score (nSPS) is 10.5. The summed E-state index contributed by atoms with van der Waals surface area (Å²) in [4.78, 5) is 43.1. The maximum atomic E-state index is 12.7. The van der Waals surface area contributed by atoms with Gasteiger partial charge < -0.3 is 10.1 Å².